The first kappa shape index (κ1) is 13.2. The number of alkyl halides is 2. The smallest absolute Gasteiger partial charge is 0.280 e. The first-order chi connectivity index (χ1) is 8.45. The van der Waals surface area contributed by atoms with Crippen LogP contribution in [0.4, 0.5) is 14.5 Å². The standard InChI is InChI=1S/C13H13BrF2N2/c1-6-4-9-11(7(2)12(6)14)8(17-3)5-10(18-9)13(15)16/h4-5,13H,1-3H3,(H,17,18). The maximum atomic E-state index is 12.8. The average molecular weight is 315 g/mol. The maximum absolute atomic E-state index is 12.8. The third-order valence-corrected chi connectivity index (χ3v) is 4.18. The van der Waals surface area contributed by atoms with Crippen LogP contribution in [0.5, 0.6) is 0 Å². The number of hydrogen-bond donors (Lipinski definition) is 1. The highest BCUT2D eigenvalue weighted by atomic mass is 79.9. The average Bonchev–Trinajstić information content (AvgIpc) is 2.34. The minimum absolute atomic E-state index is 0.201. The van der Waals surface area contributed by atoms with E-state index in [1.165, 1.54) is 6.07 Å². The summed E-state index contributed by atoms with van der Waals surface area (Å²) in [4.78, 5) is 4.04. The number of halogens is 3. The highest BCUT2D eigenvalue weighted by Gasteiger charge is 2.16. The van der Waals surface area contributed by atoms with Crippen LogP contribution >= 0.6 is 15.9 Å². The second kappa shape index (κ2) is 4.80. The predicted molar refractivity (Wildman–Crippen MR) is 73.4 cm³/mol. The van der Waals surface area contributed by atoms with Crippen molar-refractivity contribution in [3.63, 3.8) is 0 Å². The molecule has 0 atom stereocenters. The van der Waals surface area contributed by atoms with Crippen molar-refractivity contribution in [2.45, 2.75) is 20.3 Å². The molecule has 2 aromatic rings. The summed E-state index contributed by atoms with van der Waals surface area (Å²) in [6.45, 7) is 3.87. The van der Waals surface area contributed by atoms with Crippen molar-refractivity contribution in [3.8, 4) is 0 Å². The fourth-order valence-corrected chi connectivity index (χ4v) is 2.38. The number of anilines is 1. The molecule has 2 rings (SSSR count). The third kappa shape index (κ3) is 2.07. The van der Waals surface area contributed by atoms with Crippen LogP contribution in [-0.4, -0.2) is 12.0 Å². The molecule has 96 valence electrons. The van der Waals surface area contributed by atoms with Gasteiger partial charge in [-0.1, -0.05) is 15.9 Å². The number of hydrogen-bond acceptors (Lipinski definition) is 2. The number of aromatic nitrogens is 1. The molecule has 0 bridgehead atoms. The monoisotopic (exact) mass is 314 g/mol. The van der Waals surface area contributed by atoms with Gasteiger partial charge in [-0.3, -0.25) is 0 Å². The molecule has 5 heteroatoms. The summed E-state index contributed by atoms with van der Waals surface area (Å²) in [5.41, 5.74) is 3.06. The van der Waals surface area contributed by atoms with Crippen LogP contribution in [-0.2, 0) is 0 Å². The molecule has 0 saturated carbocycles. The van der Waals surface area contributed by atoms with Crippen molar-refractivity contribution >= 4 is 32.5 Å². The predicted octanol–water partition coefficient (Wildman–Crippen LogP) is 4.59. The number of nitrogens with zero attached hydrogens (tertiary/aromatic N) is 1. The summed E-state index contributed by atoms with van der Waals surface area (Å²) in [7, 11) is 1.72. The Bertz CT molecular complexity index is 612. The molecule has 0 fully saturated rings. The van der Waals surface area contributed by atoms with Crippen molar-refractivity contribution in [2.75, 3.05) is 12.4 Å². The number of benzene rings is 1. The molecule has 0 aliphatic carbocycles. The lowest BCUT2D eigenvalue weighted by atomic mass is 10.0. The Morgan fingerprint density at radius 1 is 1.28 bits per heavy atom. The Kier molecular flexibility index (Phi) is 3.52. The largest absolute Gasteiger partial charge is 0.388 e. The van der Waals surface area contributed by atoms with E-state index in [0.717, 1.165) is 21.0 Å². The van der Waals surface area contributed by atoms with Gasteiger partial charge >= 0.3 is 0 Å². The summed E-state index contributed by atoms with van der Waals surface area (Å²) in [5.74, 6) is 0. The molecule has 1 heterocycles. The number of pyridine rings is 1. The van der Waals surface area contributed by atoms with Gasteiger partial charge in [0.25, 0.3) is 6.43 Å². The van der Waals surface area contributed by atoms with Crippen LogP contribution in [0.1, 0.15) is 23.2 Å². The Morgan fingerprint density at radius 2 is 1.94 bits per heavy atom. The molecule has 2 nitrogen and oxygen atoms in total. The number of rotatable bonds is 2. The molecule has 1 aromatic carbocycles. The van der Waals surface area contributed by atoms with Gasteiger partial charge in [0, 0.05) is 22.6 Å². The van der Waals surface area contributed by atoms with Gasteiger partial charge in [0.05, 0.1) is 5.52 Å². The van der Waals surface area contributed by atoms with Crippen LogP contribution in [0.2, 0.25) is 0 Å². The summed E-state index contributed by atoms with van der Waals surface area (Å²) >= 11 is 3.51. The van der Waals surface area contributed by atoms with Crippen molar-refractivity contribution in [3.05, 3.63) is 33.4 Å². The van der Waals surface area contributed by atoms with Crippen LogP contribution in [0.15, 0.2) is 16.6 Å². The Morgan fingerprint density at radius 3 is 2.50 bits per heavy atom. The van der Waals surface area contributed by atoms with E-state index in [0.29, 0.717) is 11.2 Å². The molecular weight excluding hydrogens is 302 g/mol. The van der Waals surface area contributed by atoms with Crippen LogP contribution in [0.3, 0.4) is 0 Å². The van der Waals surface area contributed by atoms with Crippen molar-refractivity contribution in [2.24, 2.45) is 0 Å². The molecule has 0 saturated heterocycles. The second-order valence-corrected chi connectivity index (χ2v) is 4.96. The SMILES string of the molecule is CNc1cc(C(F)F)nc2cc(C)c(Br)c(C)c12. The normalized spacial score (nSPS) is 11.3. The van der Waals surface area contributed by atoms with Gasteiger partial charge in [-0.15, -0.1) is 0 Å². The minimum Gasteiger partial charge on any atom is -0.388 e. The maximum Gasteiger partial charge on any atom is 0.280 e. The van der Waals surface area contributed by atoms with E-state index < -0.39 is 6.43 Å². The summed E-state index contributed by atoms with van der Waals surface area (Å²) in [6, 6.07) is 3.22. The van der Waals surface area contributed by atoms with Crippen LogP contribution < -0.4 is 5.32 Å². The van der Waals surface area contributed by atoms with Gasteiger partial charge in [-0.05, 0) is 37.1 Å². The molecule has 1 N–H and O–H groups in total. The third-order valence-electron chi connectivity index (χ3n) is 2.96. The molecule has 0 aliphatic heterocycles. The molecule has 0 amide bonds. The van der Waals surface area contributed by atoms with Gasteiger partial charge in [-0.2, -0.15) is 0 Å². The molecule has 0 spiro atoms. The molecule has 18 heavy (non-hydrogen) atoms. The molecule has 0 unspecified atom stereocenters. The fraction of sp³-hybridized carbons (Fsp3) is 0.308. The van der Waals surface area contributed by atoms with E-state index in [1.54, 1.807) is 7.05 Å². The number of nitrogens with one attached hydrogen (secondary N) is 1. The van der Waals surface area contributed by atoms with Gasteiger partial charge in [0.15, 0.2) is 0 Å². The van der Waals surface area contributed by atoms with Crippen molar-refractivity contribution in [1.29, 1.82) is 0 Å². The first-order valence-corrected chi connectivity index (χ1v) is 6.31. The second-order valence-electron chi connectivity index (χ2n) is 4.17. The highest BCUT2D eigenvalue weighted by Crippen LogP contribution is 2.34. The summed E-state index contributed by atoms with van der Waals surface area (Å²) < 4.78 is 26.6. The lowest BCUT2D eigenvalue weighted by Crippen LogP contribution is -1.99. The van der Waals surface area contributed by atoms with Crippen molar-refractivity contribution in [1.82, 2.24) is 4.98 Å². The van der Waals surface area contributed by atoms with E-state index in [2.05, 4.69) is 26.2 Å². The highest BCUT2D eigenvalue weighted by molar-refractivity contribution is 9.10. The topological polar surface area (TPSA) is 24.9 Å². The van der Waals surface area contributed by atoms with Gasteiger partial charge in [-0.25, -0.2) is 13.8 Å². The zero-order valence-electron chi connectivity index (χ0n) is 10.3. The Labute approximate surface area is 113 Å². The summed E-state index contributed by atoms with van der Waals surface area (Å²) in [6.07, 6.45) is -2.56. The van der Waals surface area contributed by atoms with Crippen LogP contribution in [0.25, 0.3) is 10.9 Å². The molecule has 0 radical (unpaired) electrons. The van der Waals surface area contributed by atoms with E-state index in [4.69, 9.17) is 0 Å². The number of fused-ring (bicyclic) bond motifs is 1. The zero-order valence-corrected chi connectivity index (χ0v) is 11.9. The quantitative estimate of drug-likeness (QED) is 0.876. The van der Waals surface area contributed by atoms with E-state index in [-0.39, 0.29) is 5.69 Å². The molecule has 0 aliphatic rings. The van der Waals surface area contributed by atoms with Gasteiger partial charge in [0.2, 0.25) is 0 Å². The Hall–Kier alpha value is -1.23. The molecular formula is C13H13BrF2N2. The Balaban J connectivity index is 2.88. The zero-order chi connectivity index (χ0) is 13.4. The summed E-state index contributed by atoms with van der Waals surface area (Å²) in [5, 5.41) is 3.83. The molecule has 1 aromatic heterocycles. The fourth-order valence-electron chi connectivity index (χ4n) is 2.07. The van der Waals surface area contributed by atoms with E-state index in [1.807, 2.05) is 19.9 Å². The van der Waals surface area contributed by atoms with E-state index in [9.17, 15) is 8.78 Å². The number of aryl methyl sites for hydroxylation is 2. The van der Waals surface area contributed by atoms with Gasteiger partial charge < -0.3 is 5.32 Å². The first-order valence-electron chi connectivity index (χ1n) is 5.52. The minimum atomic E-state index is -2.56. The van der Waals surface area contributed by atoms with Crippen molar-refractivity contribution < 1.29 is 8.78 Å². The van der Waals surface area contributed by atoms with Crippen LogP contribution in [0, 0.1) is 13.8 Å². The lowest BCUT2D eigenvalue weighted by molar-refractivity contribution is 0.146. The van der Waals surface area contributed by atoms with Gasteiger partial charge in [0.1, 0.15) is 5.69 Å². The lowest BCUT2D eigenvalue weighted by Gasteiger charge is -2.13. The van der Waals surface area contributed by atoms with E-state index >= 15 is 0 Å².